The van der Waals surface area contributed by atoms with Crippen molar-refractivity contribution < 1.29 is 9.47 Å². The summed E-state index contributed by atoms with van der Waals surface area (Å²) in [5.41, 5.74) is 2.15. The lowest BCUT2D eigenvalue weighted by molar-refractivity contribution is 0.0990. The number of rotatable bonds is 4. The van der Waals surface area contributed by atoms with E-state index in [1.165, 1.54) is 5.56 Å². The van der Waals surface area contributed by atoms with Gasteiger partial charge in [-0.2, -0.15) is 0 Å². The Hall–Kier alpha value is -2.24. The molecule has 1 spiro atoms. The van der Waals surface area contributed by atoms with Crippen molar-refractivity contribution in [2.24, 2.45) is 0 Å². The zero-order chi connectivity index (χ0) is 17.8. The Labute approximate surface area is 154 Å². The molecule has 1 saturated heterocycles. The number of hydrogen-bond donors (Lipinski definition) is 0. The quantitative estimate of drug-likeness (QED) is 0.844. The van der Waals surface area contributed by atoms with E-state index in [9.17, 15) is 0 Å². The Morgan fingerprint density at radius 3 is 2.85 bits per heavy atom. The van der Waals surface area contributed by atoms with E-state index in [1.54, 1.807) is 7.11 Å². The van der Waals surface area contributed by atoms with Crippen LogP contribution in [0.1, 0.15) is 36.2 Å². The summed E-state index contributed by atoms with van der Waals surface area (Å²) in [6.45, 7) is 3.41. The van der Waals surface area contributed by atoms with Crippen LogP contribution in [0.2, 0.25) is 0 Å². The first kappa shape index (κ1) is 17.2. The summed E-state index contributed by atoms with van der Waals surface area (Å²) in [7, 11) is 1.66. The minimum Gasteiger partial charge on any atom is -0.483 e. The summed E-state index contributed by atoms with van der Waals surface area (Å²) in [4.78, 5) is 11.2. The number of likely N-dealkylation sites (tertiary alicyclic amines) is 1. The number of methoxy groups -OCH3 is 1. The summed E-state index contributed by atoms with van der Waals surface area (Å²) >= 11 is 0. The molecule has 1 unspecified atom stereocenters. The predicted molar refractivity (Wildman–Crippen MR) is 101 cm³/mol. The Bertz CT molecular complexity index is 775. The first-order valence-electron chi connectivity index (χ1n) is 9.25. The molecule has 0 amide bonds. The van der Waals surface area contributed by atoms with Crippen molar-refractivity contribution in [3.63, 3.8) is 0 Å². The van der Waals surface area contributed by atoms with Gasteiger partial charge in [-0.3, -0.25) is 4.90 Å². The zero-order valence-corrected chi connectivity index (χ0v) is 15.2. The fraction of sp³-hybridized carbons (Fsp3) is 0.429. The van der Waals surface area contributed by atoms with Crippen molar-refractivity contribution >= 4 is 6.08 Å². The Balaban J connectivity index is 1.39. The molecule has 2 aliphatic heterocycles. The van der Waals surface area contributed by atoms with Crippen LogP contribution >= 0.6 is 0 Å². The molecule has 2 aliphatic rings. The van der Waals surface area contributed by atoms with Gasteiger partial charge < -0.3 is 9.47 Å². The fourth-order valence-corrected chi connectivity index (χ4v) is 3.74. The maximum Gasteiger partial charge on any atom is 0.153 e. The van der Waals surface area contributed by atoms with Crippen molar-refractivity contribution in [1.82, 2.24) is 14.9 Å². The topological polar surface area (TPSA) is 47.5 Å². The second-order valence-electron chi connectivity index (χ2n) is 7.11. The van der Waals surface area contributed by atoms with Gasteiger partial charge in [-0.1, -0.05) is 24.3 Å². The van der Waals surface area contributed by atoms with Gasteiger partial charge in [0.25, 0.3) is 0 Å². The number of benzene rings is 1. The molecule has 1 atom stereocenters. The summed E-state index contributed by atoms with van der Waals surface area (Å²) < 4.78 is 11.5. The molecule has 5 nitrogen and oxygen atoms in total. The van der Waals surface area contributed by atoms with Crippen LogP contribution in [0.25, 0.3) is 6.08 Å². The Morgan fingerprint density at radius 1 is 1.15 bits per heavy atom. The Morgan fingerprint density at radius 2 is 2.00 bits per heavy atom. The largest absolute Gasteiger partial charge is 0.483 e. The van der Waals surface area contributed by atoms with Crippen molar-refractivity contribution in [3.05, 3.63) is 59.7 Å². The maximum atomic E-state index is 6.43. The van der Waals surface area contributed by atoms with E-state index in [2.05, 4.69) is 45.2 Å². The third-order valence-electron chi connectivity index (χ3n) is 5.16. The van der Waals surface area contributed by atoms with Gasteiger partial charge in [0.05, 0.1) is 0 Å². The maximum absolute atomic E-state index is 6.43. The average Bonchev–Trinajstić information content (AvgIpc) is 2.86. The highest BCUT2D eigenvalue weighted by molar-refractivity contribution is 5.60. The minimum atomic E-state index is -0.165. The molecular formula is C21H25N3O2. The van der Waals surface area contributed by atoms with E-state index < -0.39 is 0 Å². The van der Waals surface area contributed by atoms with Gasteiger partial charge in [0, 0.05) is 50.1 Å². The van der Waals surface area contributed by atoms with Crippen molar-refractivity contribution in [3.8, 4) is 5.75 Å². The number of aromatic nitrogens is 2. The Kier molecular flexibility index (Phi) is 5.00. The molecule has 0 saturated carbocycles. The predicted octanol–water partition coefficient (Wildman–Crippen LogP) is 3.45. The van der Waals surface area contributed by atoms with Gasteiger partial charge in [-0.15, -0.1) is 0 Å². The molecular weight excluding hydrogens is 326 g/mol. The standard InChI is InChI=1S/C21H25N3O2/c1-25-16-20-22-13-17(14-23-20)15-24-11-4-8-21(10-12-24)9-7-18-5-2-3-6-19(18)26-21/h2-3,5-7,9,13-14H,4,8,10-12,15-16H2,1H3. The van der Waals surface area contributed by atoms with Crippen LogP contribution in [0.15, 0.2) is 42.7 Å². The van der Waals surface area contributed by atoms with E-state index in [0.717, 1.165) is 56.0 Å². The van der Waals surface area contributed by atoms with Crippen LogP contribution < -0.4 is 4.74 Å². The molecule has 4 rings (SSSR count). The summed E-state index contributed by atoms with van der Waals surface area (Å²) in [6.07, 6.45) is 11.5. The summed E-state index contributed by atoms with van der Waals surface area (Å²) in [5, 5.41) is 0. The van der Waals surface area contributed by atoms with Crippen molar-refractivity contribution in [1.29, 1.82) is 0 Å². The van der Waals surface area contributed by atoms with E-state index >= 15 is 0 Å². The summed E-state index contributed by atoms with van der Waals surface area (Å²) in [5.74, 6) is 1.73. The minimum absolute atomic E-state index is 0.165. The molecule has 2 aromatic rings. The lowest BCUT2D eigenvalue weighted by Crippen LogP contribution is -2.36. The first-order valence-corrected chi connectivity index (χ1v) is 9.25. The van der Waals surface area contributed by atoms with Crippen LogP contribution in [-0.4, -0.2) is 40.7 Å². The molecule has 1 aromatic carbocycles. The fourth-order valence-electron chi connectivity index (χ4n) is 3.74. The lowest BCUT2D eigenvalue weighted by Gasteiger charge is -2.34. The van der Waals surface area contributed by atoms with Crippen LogP contribution in [0.4, 0.5) is 0 Å². The normalized spacial score (nSPS) is 22.7. The van der Waals surface area contributed by atoms with Crippen LogP contribution in [0.3, 0.4) is 0 Å². The lowest BCUT2D eigenvalue weighted by atomic mass is 9.91. The van der Waals surface area contributed by atoms with Gasteiger partial charge in [0.2, 0.25) is 0 Å². The van der Waals surface area contributed by atoms with Gasteiger partial charge in [-0.05, 0) is 31.5 Å². The number of nitrogens with zero attached hydrogens (tertiary/aromatic N) is 3. The molecule has 1 aromatic heterocycles. The van der Waals surface area contributed by atoms with Gasteiger partial charge >= 0.3 is 0 Å². The monoisotopic (exact) mass is 351 g/mol. The number of fused-ring (bicyclic) bond motifs is 1. The number of para-hydroxylation sites is 1. The highest BCUT2D eigenvalue weighted by Crippen LogP contribution is 2.37. The third kappa shape index (κ3) is 3.79. The highest BCUT2D eigenvalue weighted by atomic mass is 16.5. The molecule has 3 heterocycles. The van der Waals surface area contributed by atoms with Crippen LogP contribution in [0, 0.1) is 0 Å². The average molecular weight is 351 g/mol. The van der Waals surface area contributed by atoms with Gasteiger partial charge in [0.15, 0.2) is 5.82 Å². The second kappa shape index (κ2) is 7.56. The van der Waals surface area contributed by atoms with Gasteiger partial charge in [0.1, 0.15) is 18.0 Å². The molecule has 0 N–H and O–H groups in total. The zero-order valence-electron chi connectivity index (χ0n) is 15.2. The molecule has 1 fully saturated rings. The van der Waals surface area contributed by atoms with Crippen molar-refractivity contribution in [2.45, 2.75) is 38.0 Å². The van der Waals surface area contributed by atoms with Crippen LogP contribution in [0.5, 0.6) is 5.75 Å². The number of hydrogen-bond acceptors (Lipinski definition) is 5. The molecule has 0 radical (unpaired) electrons. The summed E-state index contributed by atoms with van der Waals surface area (Å²) in [6, 6.07) is 8.28. The second-order valence-corrected chi connectivity index (χ2v) is 7.11. The van der Waals surface area contributed by atoms with Crippen LogP contribution in [-0.2, 0) is 17.9 Å². The van der Waals surface area contributed by atoms with Gasteiger partial charge in [-0.25, -0.2) is 9.97 Å². The smallest absolute Gasteiger partial charge is 0.153 e. The van der Waals surface area contributed by atoms with E-state index in [-0.39, 0.29) is 5.60 Å². The molecule has 5 heteroatoms. The number of ether oxygens (including phenoxy) is 2. The highest BCUT2D eigenvalue weighted by Gasteiger charge is 2.34. The molecule has 26 heavy (non-hydrogen) atoms. The van der Waals surface area contributed by atoms with E-state index in [4.69, 9.17) is 9.47 Å². The first-order chi connectivity index (χ1) is 12.8. The molecule has 0 aliphatic carbocycles. The third-order valence-corrected chi connectivity index (χ3v) is 5.16. The van der Waals surface area contributed by atoms with Crippen molar-refractivity contribution in [2.75, 3.05) is 20.2 Å². The SMILES string of the molecule is COCc1ncc(CN2CCCC3(C=Cc4ccccc4O3)CC2)cn1. The molecule has 0 bridgehead atoms. The van der Waals surface area contributed by atoms with E-state index in [1.807, 2.05) is 18.5 Å². The van der Waals surface area contributed by atoms with E-state index in [0.29, 0.717) is 6.61 Å². The molecule has 136 valence electrons.